The van der Waals surface area contributed by atoms with E-state index in [0.717, 1.165) is 4.68 Å². The fraction of sp³-hybridized carbons (Fsp3) is 0.333. The predicted molar refractivity (Wildman–Crippen MR) is 84.2 cm³/mol. The maximum Gasteiger partial charge on any atom is 0.305 e. The van der Waals surface area contributed by atoms with Gasteiger partial charge in [-0.3, -0.25) is 9.59 Å². The Morgan fingerprint density at radius 1 is 1.48 bits per heavy atom. The first-order valence-corrected chi connectivity index (χ1v) is 7.77. The zero-order valence-corrected chi connectivity index (χ0v) is 13.7. The Kier molecular flexibility index (Phi) is 4.69. The highest BCUT2D eigenvalue weighted by Gasteiger charge is 2.39. The zero-order valence-electron chi connectivity index (χ0n) is 12.9. The van der Waals surface area contributed by atoms with Crippen molar-refractivity contribution >= 4 is 23.5 Å². The summed E-state index contributed by atoms with van der Waals surface area (Å²) in [5, 5.41) is 19.1. The molecule has 1 aliphatic heterocycles. The number of hydrogen-bond acceptors (Lipinski definition) is 5. The molecule has 0 aliphatic carbocycles. The van der Waals surface area contributed by atoms with E-state index in [1.807, 2.05) is 0 Å². The number of carboxylic acids is 1. The topological polar surface area (TPSA) is 106 Å². The van der Waals surface area contributed by atoms with Crippen LogP contribution >= 0.6 is 11.6 Å². The lowest BCUT2D eigenvalue weighted by atomic mass is 9.94. The normalized spacial score (nSPS) is 19.8. The number of carbonyl (C=O) groups excluding carboxylic acids is 1. The van der Waals surface area contributed by atoms with Gasteiger partial charge in [0.1, 0.15) is 5.69 Å². The lowest BCUT2D eigenvalue weighted by Crippen LogP contribution is -2.50. The molecule has 0 bridgehead atoms. The molecule has 0 saturated carbocycles. The molecule has 10 heteroatoms. The molecule has 2 heterocycles. The third-order valence-electron chi connectivity index (χ3n) is 3.88. The lowest BCUT2D eigenvalue weighted by Gasteiger charge is -2.26. The number of carbonyl (C=O) groups is 2. The molecule has 1 aromatic carbocycles. The fourth-order valence-electron chi connectivity index (χ4n) is 2.64. The van der Waals surface area contributed by atoms with Crippen molar-refractivity contribution in [3.63, 3.8) is 0 Å². The molecule has 1 aromatic heterocycles. The lowest BCUT2D eigenvalue weighted by molar-refractivity contribution is -0.138. The van der Waals surface area contributed by atoms with Crippen molar-refractivity contribution in [1.82, 2.24) is 20.3 Å². The molecule has 1 aliphatic rings. The van der Waals surface area contributed by atoms with Crippen LogP contribution in [0.1, 0.15) is 23.3 Å². The molecule has 2 aromatic rings. The number of carboxylic acid groups (broad SMARTS) is 1. The standard InChI is InChI=1S/C15H14ClFN4O4/c16-9-2-1-3-11(13(9)17)21-7-10(19-20-21)14(24)18-15(6-12(22)23)4-5-25-8-15/h1-3,7H,4-6,8H2,(H,18,24)(H,22,23). The van der Waals surface area contributed by atoms with Gasteiger partial charge in [-0.15, -0.1) is 5.10 Å². The third kappa shape index (κ3) is 3.62. The van der Waals surface area contributed by atoms with Crippen LogP contribution in [0.25, 0.3) is 5.69 Å². The Balaban J connectivity index is 1.81. The van der Waals surface area contributed by atoms with Gasteiger partial charge >= 0.3 is 5.97 Å². The molecule has 1 unspecified atom stereocenters. The smallest absolute Gasteiger partial charge is 0.305 e. The number of ether oxygens (including phenoxy) is 1. The van der Waals surface area contributed by atoms with Gasteiger partial charge in [-0.2, -0.15) is 0 Å². The summed E-state index contributed by atoms with van der Waals surface area (Å²) in [6.45, 7) is 0.454. The van der Waals surface area contributed by atoms with Crippen LogP contribution in [-0.4, -0.2) is 50.7 Å². The molecule has 25 heavy (non-hydrogen) atoms. The number of aromatic nitrogens is 3. The highest BCUT2D eigenvalue weighted by Crippen LogP contribution is 2.24. The number of benzene rings is 1. The first-order valence-electron chi connectivity index (χ1n) is 7.39. The van der Waals surface area contributed by atoms with Gasteiger partial charge in [0.05, 0.1) is 29.8 Å². The molecular formula is C15H14ClFN4O4. The highest BCUT2D eigenvalue weighted by atomic mass is 35.5. The molecule has 1 saturated heterocycles. The quantitative estimate of drug-likeness (QED) is 0.826. The molecule has 0 radical (unpaired) electrons. The van der Waals surface area contributed by atoms with Crippen molar-refractivity contribution in [2.45, 2.75) is 18.4 Å². The van der Waals surface area contributed by atoms with Gasteiger partial charge in [0, 0.05) is 6.61 Å². The minimum absolute atomic E-state index is 0.0449. The second-order valence-corrected chi connectivity index (χ2v) is 6.14. The summed E-state index contributed by atoms with van der Waals surface area (Å²) in [7, 11) is 0. The van der Waals surface area contributed by atoms with E-state index >= 15 is 0 Å². The highest BCUT2D eigenvalue weighted by molar-refractivity contribution is 6.30. The van der Waals surface area contributed by atoms with E-state index in [1.165, 1.54) is 18.3 Å². The monoisotopic (exact) mass is 368 g/mol. The van der Waals surface area contributed by atoms with E-state index < -0.39 is 23.2 Å². The summed E-state index contributed by atoms with van der Waals surface area (Å²) >= 11 is 5.73. The van der Waals surface area contributed by atoms with Gasteiger partial charge in [0.2, 0.25) is 0 Å². The molecule has 3 rings (SSSR count). The second kappa shape index (κ2) is 6.77. The van der Waals surface area contributed by atoms with E-state index in [2.05, 4.69) is 15.6 Å². The van der Waals surface area contributed by atoms with E-state index in [1.54, 1.807) is 6.07 Å². The maximum absolute atomic E-state index is 14.0. The Bertz CT molecular complexity index is 820. The Labute approximate surface area is 146 Å². The van der Waals surface area contributed by atoms with Crippen LogP contribution < -0.4 is 5.32 Å². The average Bonchev–Trinajstić information content (AvgIpc) is 3.19. The largest absolute Gasteiger partial charge is 0.481 e. The van der Waals surface area contributed by atoms with E-state index in [0.29, 0.717) is 13.0 Å². The summed E-state index contributed by atoms with van der Waals surface area (Å²) < 4.78 is 20.3. The SMILES string of the molecule is O=C(O)CC1(NC(=O)c2cn(-c3cccc(Cl)c3F)nn2)CCOC1. The van der Waals surface area contributed by atoms with Gasteiger partial charge < -0.3 is 15.2 Å². The molecule has 0 spiro atoms. The number of hydrogen-bond donors (Lipinski definition) is 2. The van der Waals surface area contributed by atoms with Gasteiger partial charge in [-0.05, 0) is 18.6 Å². The summed E-state index contributed by atoms with van der Waals surface area (Å²) in [5.74, 6) is -2.34. The first kappa shape index (κ1) is 17.3. The maximum atomic E-state index is 14.0. The van der Waals surface area contributed by atoms with Crippen LogP contribution in [0, 0.1) is 5.82 Å². The Hall–Kier alpha value is -2.52. The number of amides is 1. The third-order valence-corrected chi connectivity index (χ3v) is 4.17. The van der Waals surface area contributed by atoms with Crippen LogP contribution in [0.5, 0.6) is 0 Å². The van der Waals surface area contributed by atoms with Crippen molar-refractivity contribution in [2.24, 2.45) is 0 Å². The molecule has 2 N–H and O–H groups in total. The van der Waals surface area contributed by atoms with Gasteiger partial charge in [-0.1, -0.05) is 22.9 Å². The summed E-state index contributed by atoms with van der Waals surface area (Å²) in [4.78, 5) is 23.4. The van der Waals surface area contributed by atoms with Crippen molar-refractivity contribution in [1.29, 1.82) is 0 Å². The first-order chi connectivity index (χ1) is 11.9. The number of rotatable bonds is 5. The van der Waals surface area contributed by atoms with Gasteiger partial charge in [0.15, 0.2) is 11.5 Å². The van der Waals surface area contributed by atoms with E-state index in [4.69, 9.17) is 21.4 Å². The van der Waals surface area contributed by atoms with Gasteiger partial charge in [-0.25, -0.2) is 9.07 Å². The van der Waals surface area contributed by atoms with Crippen molar-refractivity contribution in [3.8, 4) is 5.69 Å². The molecule has 1 atom stereocenters. The predicted octanol–water partition coefficient (Wildman–Crippen LogP) is 1.42. The molecular weight excluding hydrogens is 355 g/mol. The summed E-state index contributed by atoms with van der Waals surface area (Å²) in [6.07, 6.45) is 1.35. The Morgan fingerprint density at radius 3 is 2.96 bits per heavy atom. The van der Waals surface area contributed by atoms with Crippen molar-refractivity contribution in [2.75, 3.05) is 13.2 Å². The number of aliphatic carboxylic acids is 1. The molecule has 132 valence electrons. The van der Waals surface area contributed by atoms with Crippen LogP contribution in [0.3, 0.4) is 0 Å². The molecule has 1 fully saturated rings. The average molecular weight is 369 g/mol. The van der Waals surface area contributed by atoms with Crippen LogP contribution in [0.2, 0.25) is 5.02 Å². The van der Waals surface area contributed by atoms with Crippen LogP contribution in [0.4, 0.5) is 4.39 Å². The fourth-order valence-corrected chi connectivity index (χ4v) is 2.81. The zero-order chi connectivity index (χ0) is 18.0. The number of nitrogens with one attached hydrogen (secondary N) is 1. The minimum atomic E-state index is -1.05. The number of halogens is 2. The van der Waals surface area contributed by atoms with Crippen molar-refractivity contribution < 1.29 is 23.8 Å². The number of nitrogens with zero attached hydrogens (tertiary/aromatic N) is 3. The van der Waals surface area contributed by atoms with Crippen LogP contribution in [-0.2, 0) is 9.53 Å². The molecule has 1 amide bonds. The van der Waals surface area contributed by atoms with Crippen LogP contribution in [0.15, 0.2) is 24.4 Å². The Morgan fingerprint density at radius 2 is 2.28 bits per heavy atom. The van der Waals surface area contributed by atoms with E-state index in [9.17, 15) is 14.0 Å². The van der Waals surface area contributed by atoms with E-state index in [-0.39, 0.29) is 29.4 Å². The second-order valence-electron chi connectivity index (χ2n) is 5.73. The van der Waals surface area contributed by atoms with Gasteiger partial charge in [0.25, 0.3) is 5.91 Å². The summed E-state index contributed by atoms with van der Waals surface area (Å²) in [5.41, 5.74) is -1.02. The molecule has 8 nitrogen and oxygen atoms in total. The summed E-state index contributed by atoms with van der Waals surface area (Å²) in [6, 6.07) is 4.37. The minimum Gasteiger partial charge on any atom is -0.481 e. The van der Waals surface area contributed by atoms with Crippen molar-refractivity contribution in [3.05, 3.63) is 40.9 Å².